The summed E-state index contributed by atoms with van der Waals surface area (Å²) in [6.07, 6.45) is 8.80. The van der Waals surface area contributed by atoms with Crippen molar-refractivity contribution in [1.29, 1.82) is 0 Å². The molecule has 2 aromatic carbocycles. The van der Waals surface area contributed by atoms with Gasteiger partial charge in [-0.15, -0.1) is 0 Å². The minimum absolute atomic E-state index is 0.647. The summed E-state index contributed by atoms with van der Waals surface area (Å²) in [6, 6.07) is 18.3. The Morgan fingerprint density at radius 3 is 2.38 bits per heavy atom. The van der Waals surface area contributed by atoms with E-state index in [2.05, 4.69) is 86.8 Å². The molecule has 4 rings (SSSR count). The monoisotopic (exact) mass is 407 g/mol. The Kier molecular flexibility index (Phi) is 4.62. The topological polar surface area (TPSA) is 0 Å². The predicted octanol–water partition coefficient (Wildman–Crippen LogP) is 5.90. The maximum absolute atomic E-state index is 2.68. The molecule has 0 nitrogen and oxygen atoms in total. The normalized spacial score (nSPS) is 20.9. The second-order valence-corrected chi connectivity index (χ2v) is 27.5. The van der Waals surface area contributed by atoms with Crippen molar-refractivity contribution in [2.75, 3.05) is 0 Å². The Morgan fingerprint density at radius 1 is 0.917 bits per heavy atom. The number of fused-ring (bicyclic) bond motifs is 2. The van der Waals surface area contributed by atoms with E-state index in [0.717, 1.165) is 7.25 Å². The number of hydrogen-bond donors (Lipinski definition) is 0. The van der Waals surface area contributed by atoms with Crippen molar-refractivity contribution in [3.63, 3.8) is 0 Å². The third-order valence-corrected chi connectivity index (χ3v) is 26.9. The van der Waals surface area contributed by atoms with Gasteiger partial charge < -0.3 is 0 Å². The second-order valence-electron chi connectivity index (χ2n) is 7.23. The molecule has 0 amide bonds. The quantitative estimate of drug-likeness (QED) is 0.552. The first-order valence-electron chi connectivity index (χ1n) is 9.14. The molecule has 0 aromatic heterocycles. The summed E-state index contributed by atoms with van der Waals surface area (Å²) in [5.74, 6) is -0.647. The van der Waals surface area contributed by atoms with Crippen LogP contribution in [0.3, 0.4) is 0 Å². The van der Waals surface area contributed by atoms with Gasteiger partial charge in [-0.25, -0.2) is 0 Å². The average molecular weight is 409 g/mol. The second kappa shape index (κ2) is 6.73. The first-order valence-corrected chi connectivity index (χ1v) is 19.1. The molecule has 0 radical (unpaired) electrons. The predicted molar refractivity (Wildman–Crippen MR) is 105 cm³/mol. The van der Waals surface area contributed by atoms with E-state index in [1.165, 1.54) is 12.0 Å². The van der Waals surface area contributed by atoms with Gasteiger partial charge in [0.1, 0.15) is 0 Å². The first-order chi connectivity index (χ1) is 11.7. The number of benzene rings is 2. The van der Waals surface area contributed by atoms with Crippen molar-refractivity contribution in [3.8, 4) is 0 Å². The molecule has 0 spiro atoms. The Labute approximate surface area is 154 Å². The van der Waals surface area contributed by atoms with Crippen LogP contribution in [0, 0.1) is 0 Å². The van der Waals surface area contributed by atoms with Crippen LogP contribution in [0.5, 0.6) is 0 Å². The van der Waals surface area contributed by atoms with E-state index in [1.807, 2.05) is 0 Å². The zero-order valence-corrected chi connectivity index (χ0v) is 18.4. The van der Waals surface area contributed by atoms with Crippen molar-refractivity contribution in [3.05, 3.63) is 82.9 Å². The van der Waals surface area contributed by atoms with Gasteiger partial charge in [0.15, 0.2) is 0 Å². The molecule has 0 heterocycles. The van der Waals surface area contributed by atoms with Crippen LogP contribution in [0.15, 0.2) is 60.7 Å². The van der Waals surface area contributed by atoms with Crippen LogP contribution in [0.1, 0.15) is 42.8 Å². The van der Waals surface area contributed by atoms with Crippen molar-refractivity contribution >= 4 is 17.6 Å². The number of allylic oxidation sites excluding steroid dienone is 3. The van der Waals surface area contributed by atoms with E-state index in [9.17, 15) is 0 Å². The molecule has 2 atom stereocenters. The van der Waals surface area contributed by atoms with E-state index in [-0.39, 0.29) is 0 Å². The maximum atomic E-state index is 2.68. The van der Waals surface area contributed by atoms with Crippen molar-refractivity contribution in [2.24, 2.45) is 0 Å². The molecule has 2 heteroatoms. The molecule has 24 heavy (non-hydrogen) atoms. The van der Waals surface area contributed by atoms with Crippen molar-refractivity contribution in [2.45, 2.75) is 33.7 Å². The van der Waals surface area contributed by atoms with Gasteiger partial charge in [0.25, 0.3) is 0 Å². The average Bonchev–Trinajstić information content (AvgIpc) is 3.18. The van der Waals surface area contributed by atoms with Crippen molar-refractivity contribution < 1.29 is 20.9 Å². The molecule has 0 aliphatic heterocycles. The van der Waals surface area contributed by atoms with E-state index < -0.39 is 26.8 Å². The van der Waals surface area contributed by atoms with Gasteiger partial charge in [-0.2, -0.15) is 0 Å². The van der Waals surface area contributed by atoms with E-state index in [0.29, 0.717) is 0 Å². The summed E-state index contributed by atoms with van der Waals surface area (Å²) in [7, 11) is 0. The Morgan fingerprint density at radius 2 is 1.62 bits per heavy atom. The Hall–Kier alpha value is -0.980. The van der Waals surface area contributed by atoms with E-state index >= 15 is 0 Å². The summed E-state index contributed by atoms with van der Waals surface area (Å²) in [5, 5.41) is 0. The van der Waals surface area contributed by atoms with Crippen LogP contribution >= 0.6 is 0 Å². The summed E-state index contributed by atoms with van der Waals surface area (Å²) in [5.41, 5.74) is 7.90. The van der Waals surface area contributed by atoms with Crippen LogP contribution in [0.2, 0.25) is 13.1 Å². The van der Waals surface area contributed by atoms with Gasteiger partial charge in [-0.3, -0.25) is 0 Å². The van der Waals surface area contributed by atoms with Crippen LogP contribution in [0.4, 0.5) is 0 Å². The van der Waals surface area contributed by atoms with Gasteiger partial charge >= 0.3 is 155 Å². The number of hydrogen-bond acceptors (Lipinski definition) is 0. The Bertz CT molecular complexity index is 818. The molecular weight excluding hydrogens is 384 g/mol. The van der Waals surface area contributed by atoms with Gasteiger partial charge in [0, 0.05) is 0 Å². The van der Waals surface area contributed by atoms with Crippen LogP contribution < -0.4 is 0 Å². The third-order valence-electron chi connectivity index (χ3n) is 5.57. The molecule has 0 saturated carbocycles. The molecule has 0 fully saturated rings. The fourth-order valence-corrected chi connectivity index (χ4v) is 25.6. The molecule has 2 aliphatic carbocycles. The van der Waals surface area contributed by atoms with Crippen LogP contribution in [0.25, 0.3) is 11.6 Å². The van der Waals surface area contributed by atoms with Crippen molar-refractivity contribution in [1.82, 2.24) is 0 Å². The van der Waals surface area contributed by atoms with E-state index in [1.54, 1.807) is 22.3 Å². The molecule has 0 saturated heterocycles. The molecule has 2 aromatic rings. The summed E-state index contributed by atoms with van der Waals surface area (Å²) >= 11 is -1.67. The van der Waals surface area contributed by atoms with Crippen LogP contribution in [-0.4, -0.2) is 5.92 Å². The fourth-order valence-electron chi connectivity index (χ4n) is 4.48. The Balaban J connectivity index is 1.79. The SMILES string of the molecule is CCC1=C[CH]([Zr]([CH]2C=Cc3ccccc32)[SiH](C)C)c2ccccc21. The number of rotatable bonds is 4. The zero-order chi connectivity index (χ0) is 16.7. The molecular formula is C22H25SiZr. The minimum atomic E-state index is -1.67. The third kappa shape index (κ3) is 2.68. The van der Waals surface area contributed by atoms with Gasteiger partial charge in [0.05, 0.1) is 0 Å². The zero-order valence-electron chi connectivity index (χ0n) is 14.8. The van der Waals surface area contributed by atoms with Crippen LogP contribution in [-0.2, 0) is 20.9 Å². The summed E-state index contributed by atoms with van der Waals surface area (Å²) in [4.78, 5) is 0. The summed E-state index contributed by atoms with van der Waals surface area (Å²) < 4.78 is 1.56. The van der Waals surface area contributed by atoms with E-state index in [4.69, 9.17) is 0 Å². The molecule has 2 unspecified atom stereocenters. The summed E-state index contributed by atoms with van der Waals surface area (Å²) in [6.45, 7) is 7.54. The molecule has 0 N–H and O–H groups in total. The van der Waals surface area contributed by atoms with Gasteiger partial charge in [-0.05, 0) is 0 Å². The molecule has 0 bridgehead atoms. The molecule has 121 valence electrons. The molecule has 2 aliphatic rings. The standard InChI is InChI=1S/C11H11.C9H7.C2H7Si.Zr/c1-2-9-7-8-10-5-3-4-6-11(9)10;1-2-5-9-7-3-6-8(9)4-1;1-3-2;/h3-8H,2H2,1H3;1-7H;3H,1-2H3;. The van der Waals surface area contributed by atoms with Gasteiger partial charge in [0.2, 0.25) is 0 Å². The first kappa shape index (κ1) is 16.5. The fraction of sp³-hybridized carbons (Fsp3) is 0.273. The van der Waals surface area contributed by atoms with Gasteiger partial charge in [-0.1, -0.05) is 0 Å².